The number of ether oxygens (including phenoxy) is 1. The lowest BCUT2D eigenvalue weighted by Crippen LogP contribution is -2.25. The summed E-state index contributed by atoms with van der Waals surface area (Å²) < 4.78 is 5.15. The van der Waals surface area contributed by atoms with Crippen LogP contribution in [0.15, 0.2) is 71.8 Å². The molecule has 0 fully saturated rings. The number of amides is 1. The second-order valence-electron chi connectivity index (χ2n) is 5.45. The fraction of sp³-hybridized carbons (Fsp3) is 0.100. The molecule has 126 valence electrons. The molecule has 3 aromatic rings. The van der Waals surface area contributed by atoms with Gasteiger partial charge in [0, 0.05) is 11.1 Å². The summed E-state index contributed by atoms with van der Waals surface area (Å²) in [4.78, 5) is 12.0. The Labute approximate surface area is 146 Å². The number of hydrogen-bond donors (Lipinski definition) is 2. The highest BCUT2D eigenvalue weighted by Gasteiger charge is 2.03. The summed E-state index contributed by atoms with van der Waals surface area (Å²) in [5.41, 5.74) is 4.28. The molecule has 0 aliphatic rings. The maximum absolute atomic E-state index is 12.0. The molecule has 0 spiro atoms. The van der Waals surface area contributed by atoms with Crippen molar-refractivity contribution < 1.29 is 9.53 Å². The highest BCUT2D eigenvalue weighted by Crippen LogP contribution is 2.22. The lowest BCUT2D eigenvalue weighted by Gasteiger charge is -2.08. The van der Waals surface area contributed by atoms with E-state index in [0.717, 1.165) is 27.8 Å². The van der Waals surface area contributed by atoms with Crippen molar-refractivity contribution in [1.29, 1.82) is 0 Å². The molecule has 0 aromatic heterocycles. The molecule has 0 heterocycles. The standard InChI is InChI=1S/C20H19N3O2/c1-25-17-9-4-6-15(12-17)13-22-23-20(24)14-21-19-11-5-8-16-7-2-3-10-18(16)19/h2-13,21H,14H2,1H3,(H,23,24). The minimum absolute atomic E-state index is 0.142. The molecule has 0 saturated heterocycles. The van der Waals surface area contributed by atoms with E-state index < -0.39 is 0 Å². The second kappa shape index (κ2) is 7.97. The van der Waals surface area contributed by atoms with Crippen LogP contribution in [0.3, 0.4) is 0 Å². The quantitative estimate of drug-likeness (QED) is 0.537. The molecule has 0 bridgehead atoms. The van der Waals surface area contributed by atoms with Gasteiger partial charge in [-0.25, -0.2) is 5.43 Å². The van der Waals surface area contributed by atoms with E-state index in [1.165, 1.54) is 0 Å². The zero-order valence-electron chi connectivity index (χ0n) is 13.9. The van der Waals surface area contributed by atoms with E-state index in [0.29, 0.717) is 0 Å². The molecule has 5 heteroatoms. The summed E-state index contributed by atoms with van der Waals surface area (Å²) >= 11 is 0. The number of benzene rings is 3. The average Bonchev–Trinajstić information content (AvgIpc) is 2.66. The van der Waals surface area contributed by atoms with Crippen LogP contribution in [0.2, 0.25) is 0 Å². The molecule has 2 N–H and O–H groups in total. The third-order valence-electron chi connectivity index (χ3n) is 3.73. The van der Waals surface area contributed by atoms with Crippen LogP contribution in [-0.4, -0.2) is 25.8 Å². The van der Waals surface area contributed by atoms with Gasteiger partial charge in [-0.2, -0.15) is 5.10 Å². The van der Waals surface area contributed by atoms with Crippen LogP contribution >= 0.6 is 0 Å². The highest BCUT2D eigenvalue weighted by molar-refractivity contribution is 5.95. The number of carbonyl (C=O) groups excluding carboxylic acids is 1. The Morgan fingerprint density at radius 2 is 1.88 bits per heavy atom. The van der Waals surface area contributed by atoms with Gasteiger partial charge < -0.3 is 10.1 Å². The highest BCUT2D eigenvalue weighted by atomic mass is 16.5. The van der Waals surface area contributed by atoms with Gasteiger partial charge in [0.25, 0.3) is 5.91 Å². The molecule has 5 nitrogen and oxygen atoms in total. The van der Waals surface area contributed by atoms with Crippen LogP contribution in [0.1, 0.15) is 5.56 Å². The number of rotatable bonds is 6. The van der Waals surface area contributed by atoms with Crippen molar-refractivity contribution >= 4 is 28.6 Å². The Kier molecular flexibility index (Phi) is 5.26. The fourth-order valence-electron chi connectivity index (χ4n) is 2.50. The van der Waals surface area contributed by atoms with E-state index in [1.807, 2.05) is 66.7 Å². The van der Waals surface area contributed by atoms with Gasteiger partial charge in [-0.1, -0.05) is 48.5 Å². The predicted octanol–water partition coefficient (Wildman–Crippen LogP) is 3.41. The zero-order chi connectivity index (χ0) is 17.5. The van der Waals surface area contributed by atoms with Crippen molar-refractivity contribution in [2.75, 3.05) is 19.0 Å². The van der Waals surface area contributed by atoms with Crippen LogP contribution in [0.4, 0.5) is 5.69 Å². The average molecular weight is 333 g/mol. The molecule has 0 atom stereocenters. The minimum atomic E-state index is -0.216. The molecule has 3 rings (SSSR count). The summed E-state index contributed by atoms with van der Waals surface area (Å²) in [5.74, 6) is 0.528. The third kappa shape index (κ3) is 4.35. The Morgan fingerprint density at radius 3 is 2.76 bits per heavy atom. The van der Waals surface area contributed by atoms with Gasteiger partial charge in [-0.15, -0.1) is 0 Å². The maximum atomic E-state index is 12.0. The summed E-state index contributed by atoms with van der Waals surface area (Å²) in [6, 6.07) is 21.4. The lowest BCUT2D eigenvalue weighted by atomic mass is 10.1. The molecule has 1 amide bonds. The van der Waals surface area contributed by atoms with Crippen LogP contribution in [0.25, 0.3) is 10.8 Å². The molecule has 0 saturated carbocycles. The first-order valence-electron chi connectivity index (χ1n) is 7.94. The number of fused-ring (bicyclic) bond motifs is 1. The molecule has 0 unspecified atom stereocenters. The van der Waals surface area contributed by atoms with Crippen molar-refractivity contribution in [2.45, 2.75) is 0 Å². The van der Waals surface area contributed by atoms with Gasteiger partial charge >= 0.3 is 0 Å². The van der Waals surface area contributed by atoms with Crippen molar-refractivity contribution in [3.05, 3.63) is 72.3 Å². The molecule has 0 radical (unpaired) electrons. The van der Waals surface area contributed by atoms with Crippen LogP contribution in [-0.2, 0) is 4.79 Å². The smallest absolute Gasteiger partial charge is 0.259 e. The van der Waals surface area contributed by atoms with E-state index in [1.54, 1.807) is 13.3 Å². The van der Waals surface area contributed by atoms with E-state index in [2.05, 4.69) is 15.8 Å². The number of methoxy groups -OCH3 is 1. The zero-order valence-corrected chi connectivity index (χ0v) is 13.9. The number of hydrazone groups is 1. The van der Waals surface area contributed by atoms with E-state index in [-0.39, 0.29) is 12.5 Å². The van der Waals surface area contributed by atoms with Gasteiger partial charge in [-0.05, 0) is 29.1 Å². The van der Waals surface area contributed by atoms with Crippen LogP contribution in [0.5, 0.6) is 5.75 Å². The van der Waals surface area contributed by atoms with Gasteiger partial charge in [0.1, 0.15) is 5.75 Å². The third-order valence-corrected chi connectivity index (χ3v) is 3.73. The van der Waals surface area contributed by atoms with Crippen molar-refractivity contribution in [1.82, 2.24) is 5.43 Å². The Balaban J connectivity index is 1.56. The van der Waals surface area contributed by atoms with E-state index in [9.17, 15) is 4.79 Å². The number of hydrogen-bond acceptors (Lipinski definition) is 4. The first kappa shape index (κ1) is 16.5. The maximum Gasteiger partial charge on any atom is 0.259 e. The lowest BCUT2D eigenvalue weighted by molar-refractivity contribution is -0.119. The molecule has 0 aliphatic carbocycles. The largest absolute Gasteiger partial charge is 0.497 e. The monoisotopic (exact) mass is 333 g/mol. The fourth-order valence-corrected chi connectivity index (χ4v) is 2.50. The Morgan fingerprint density at radius 1 is 1.08 bits per heavy atom. The number of carbonyl (C=O) groups is 1. The first-order chi connectivity index (χ1) is 12.3. The Bertz CT molecular complexity index is 901. The van der Waals surface area contributed by atoms with Crippen LogP contribution in [0, 0.1) is 0 Å². The number of anilines is 1. The van der Waals surface area contributed by atoms with Gasteiger partial charge in [0.05, 0.1) is 19.9 Å². The summed E-state index contributed by atoms with van der Waals surface area (Å²) in [5, 5.41) is 9.33. The summed E-state index contributed by atoms with van der Waals surface area (Å²) in [7, 11) is 1.61. The van der Waals surface area contributed by atoms with Crippen LogP contribution < -0.4 is 15.5 Å². The minimum Gasteiger partial charge on any atom is -0.497 e. The normalized spacial score (nSPS) is 10.8. The molecule has 3 aromatic carbocycles. The van der Waals surface area contributed by atoms with Crippen molar-refractivity contribution in [3.63, 3.8) is 0 Å². The molecular formula is C20H19N3O2. The van der Waals surface area contributed by atoms with Gasteiger partial charge in [0.2, 0.25) is 0 Å². The first-order valence-corrected chi connectivity index (χ1v) is 7.94. The summed E-state index contributed by atoms with van der Waals surface area (Å²) in [6.07, 6.45) is 1.58. The van der Waals surface area contributed by atoms with E-state index in [4.69, 9.17) is 4.74 Å². The number of nitrogens with zero attached hydrogens (tertiary/aromatic N) is 1. The second-order valence-corrected chi connectivity index (χ2v) is 5.45. The summed E-state index contributed by atoms with van der Waals surface area (Å²) in [6.45, 7) is 0.142. The van der Waals surface area contributed by atoms with E-state index >= 15 is 0 Å². The molecule has 25 heavy (non-hydrogen) atoms. The van der Waals surface area contributed by atoms with Crippen molar-refractivity contribution in [2.24, 2.45) is 5.10 Å². The number of nitrogens with one attached hydrogen (secondary N) is 2. The van der Waals surface area contributed by atoms with Crippen molar-refractivity contribution in [3.8, 4) is 5.75 Å². The molecular weight excluding hydrogens is 314 g/mol. The van der Waals surface area contributed by atoms with Gasteiger partial charge in [0.15, 0.2) is 0 Å². The Hall–Kier alpha value is -3.34. The predicted molar refractivity (Wildman–Crippen MR) is 101 cm³/mol. The SMILES string of the molecule is COc1cccc(C=NNC(=O)CNc2cccc3ccccc23)c1. The molecule has 0 aliphatic heterocycles. The topological polar surface area (TPSA) is 62.7 Å². The van der Waals surface area contributed by atoms with Gasteiger partial charge in [-0.3, -0.25) is 4.79 Å².